The Bertz CT molecular complexity index is 815. The summed E-state index contributed by atoms with van der Waals surface area (Å²) in [4.78, 5) is 2.55. The van der Waals surface area contributed by atoms with Crippen LogP contribution in [-0.4, -0.2) is 31.1 Å². The van der Waals surface area contributed by atoms with Crippen molar-refractivity contribution < 1.29 is 0 Å². The van der Waals surface area contributed by atoms with Crippen molar-refractivity contribution in [3.05, 3.63) is 69.7 Å². The Balaban J connectivity index is 1.42. The van der Waals surface area contributed by atoms with Crippen molar-refractivity contribution in [1.82, 2.24) is 4.90 Å². The molecule has 4 rings (SSSR count). The fourth-order valence-corrected chi connectivity index (χ4v) is 4.73. The van der Waals surface area contributed by atoms with Crippen molar-refractivity contribution in [3.8, 4) is 0 Å². The van der Waals surface area contributed by atoms with E-state index in [4.69, 9.17) is 23.2 Å². The molecule has 1 N–H and O–H groups in total. The van der Waals surface area contributed by atoms with Crippen LogP contribution in [0.25, 0.3) is 6.08 Å². The van der Waals surface area contributed by atoms with Gasteiger partial charge in [0.15, 0.2) is 0 Å². The zero-order valence-electron chi connectivity index (χ0n) is 15.0. The molecule has 2 heterocycles. The van der Waals surface area contributed by atoms with Crippen LogP contribution < -0.4 is 5.32 Å². The summed E-state index contributed by atoms with van der Waals surface area (Å²) in [5, 5.41) is 5.22. The summed E-state index contributed by atoms with van der Waals surface area (Å²) in [6.45, 7) is 6.62. The molecule has 2 aromatic carbocycles. The van der Waals surface area contributed by atoms with Gasteiger partial charge in [0.05, 0.1) is 0 Å². The lowest BCUT2D eigenvalue weighted by Gasteiger charge is -2.44. The van der Waals surface area contributed by atoms with Gasteiger partial charge in [0.25, 0.3) is 0 Å². The van der Waals surface area contributed by atoms with Crippen LogP contribution in [-0.2, 0) is 5.41 Å². The van der Waals surface area contributed by atoms with Gasteiger partial charge in [-0.25, -0.2) is 0 Å². The summed E-state index contributed by atoms with van der Waals surface area (Å²) in [5.41, 5.74) is 4.09. The maximum absolute atomic E-state index is 6.28. The fraction of sp³-hybridized carbons (Fsp3) is 0.364. The Morgan fingerprint density at radius 3 is 2.69 bits per heavy atom. The van der Waals surface area contributed by atoms with Crippen molar-refractivity contribution in [1.29, 1.82) is 0 Å². The highest BCUT2D eigenvalue weighted by molar-refractivity contribution is 6.31. The highest BCUT2D eigenvalue weighted by Crippen LogP contribution is 2.47. The first-order chi connectivity index (χ1) is 12.6. The molecule has 2 nitrogen and oxygen atoms in total. The van der Waals surface area contributed by atoms with Gasteiger partial charge >= 0.3 is 0 Å². The van der Waals surface area contributed by atoms with Gasteiger partial charge < -0.3 is 5.32 Å². The molecular weight excluding hydrogens is 363 g/mol. The Kier molecular flexibility index (Phi) is 5.00. The summed E-state index contributed by atoms with van der Waals surface area (Å²) < 4.78 is 0. The second kappa shape index (κ2) is 7.26. The van der Waals surface area contributed by atoms with Gasteiger partial charge in [0.2, 0.25) is 0 Å². The van der Waals surface area contributed by atoms with Gasteiger partial charge in [-0.2, -0.15) is 0 Å². The van der Waals surface area contributed by atoms with Gasteiger partial charge in [-0.1, -0.05) is 54.4 Å². The smallest absolute Gasteiger partial charge is 0.0410 e. The van der Waals surface area contributed by atoms with Gasteiger partial charge in [0.1, 0.15) is 0 Å². The van der Waals surface area contributed by atoms with E-state index in [1.54, 1.807) is 0 Å². The number of benzene rings is 2. The summed E-state index contributed by atoms with van der Waals surface area (Å²) in [7, 11) is 0. The quantitative estimate of drug-likeness (QED) is 0.726. The second-order valence-corrected chi connectivity index (χ2v) is 8.44. The number of likely N-dealkylation sites (tertiary alicyclic amines) is 1. The van der Waals surface area contributed by atoms with E-state index in [1.165, 1.54) is 23.2 Å². The Morgan fingerprint density at radius 1 is 1.15 bits per heavy atom. The number of rotatable bonds is 3. The van der Waals surface area contributed by atoms with Crippen LogP contribution >= 0.6 is 23.2 Å². The van der Waals surface area contributed by atoms with Crippen LogP contribution in [0.4, 0.5) is 5.69 Å². The molecule has 1 fully saturated rings. The zero-order valence-corrected chi connectivity index (χ0v) is 16.5. The average molecular weight is 387 g/mol. The number of nitrogens with zero attached hydrogens (tertiary/aromatic N) is 1. The van der Waals surface area contributed by atoms with E-state index in [0.717, 1.165) is 36.2 Å². The molecule has 0 bridgehead atoms. The summed E-state index contributed by atoms with van der Waals surface area (Å²) in [6, 6.07) is 14.2. The normalized spacial score (nSPS) is 25.6. The van der Waals surface area contributed by atoms with Crippen molar-refractivity contribution in [2.45, 2.75) is 18.8 Å². The average Bonchev–Trinajstić information content (AvgIpc) is 2.99. The molecule has 0 aliphatic carbocycles. The Hall–Kier alpha value is -1.48. The third-order valence-corrected chi connectivity index (χ3v) is 6.49. The van der Waals surface area contributed by atoms with Gasteiger partial charge in [-0.05, 0) is 60.3 Å². The molecule has 2 aliphatic heterocycles. The molecule has 2 atom stereocenters. The van der Waals surface area contributed by atoms with E-state index in [-0.39, 0.29) is 5.41 Å². The van der Waals surface area contributed by atoms with Crippen LogP contribution in [0.15, 0.2) is 48.5 Å². The fourth-order valence-electron chi connectivity index (χ4n) is 4.43. The highest BCUT2D eigenvalue weighted by atomic mass is 35.5. The Morgan fingerprint density at radius 2 is 1.92 bits per heavy atom. The van der Waals surface area contributed by atoms with Crippen molar-refractivity contribution in [2.75, 3.05) is 31.5 Å². The first kappa shape index (κ1) is 17.9. The van der Waals surface area contributed by atoms with E-state index < -0.39 is 0 Å². The van der Waals surface area contributed by atoms with Crippen LogP contribution in [0.3, 0.4) is 0 Å². The van der Waals surface area contributed by atoms with Crippen LogP contribution in [0, 0.1) is 5.92 Å². The van der Waals surface area contributed by atoms with E-state index in [9.17, 15) is 0 Å². The molecule has 26 heavy (non-hydrogen) atoms. The maximum Gasteiger partial charge on any atom is 0.0410 e. The molecule has 0 saturated carbocycles. The lowest BCUT2D eigenvalue weighted by atomic mass is 9.68. The molecule has 1 saturated heterocycles. The standard InChI is InChI=1S/C22H24Cl2N2/c1-16-14-26(11-2-3-17-4-6-18(23)7-5-17)12-10-22(16)15-25-21-9-8-19(24)13-20(21)22/h2-9,13,16,25H,10-12,14-15H2,1H3. The van der Waals surface area contributed by atoms with Crippen LogP contribution in [0.1, 0.15) is 24.5 Å². The molecule has 4 heteroatoms. The topological polar surface area (TPSA) is 15.3 Å². The third-order valence-electron chi connectivity index (χ3n) is 6.01. The Labute approximate surface area is 165 Å². The van der Waals surface area contributed by atoms with E-state index in [0.29, 0.717) is 5.92 Å². The first-order valence-corrected chi connectivity index (χ1v) is 10.0. The molecule has 2 aromatic rings. The predicted molar refractivity (Wildman–Crippen MR) is 112 cm³/mol. The number of nitrogens with one attached hydrogen (secondary N) is 1. The van der Waals surface area contributed by atoms with E-state index >= 15 is 0 Å². The van der Waals surface area contributed by atoms with Crippen LogP contribution in [0.5, 0.6) is 0 Å². The molecule has 2 unspecified atom stereocenters. The zero-order chi connectivity index (χ0) is 18.1. The minimum absolute atomic E-state index is 0.219. The number of hydrogen-bond acceptors (Lipinski definition) is 2. The van der Waals surface area contributed by atoms with E-state index in [1.807, 2.05) is 18.2 Å². The molecule has 0 amide bonds. The van der Waals surface area contributed by atoms with Crippen LogP contribution in [0.2, 0.25) is 10.0 Å². The monoisotopic (exact) mass is 386 g/mol. The lowest BCUT2D eigenvalue weighted by Crippen LogP contribution is -2.50. The molecule has 2 aliphatic rings. The predicted octanol–water partition coefficient (Wildman–Crippen LogP) is 5.71. The largest absolute Gasteiger partial charge is 0.384 e. The molecule has 1 spiro atoms. The lowest BCUT2D eigenvalue weighted by molar-refractivity contribution is 0.122. The van der Waals surface area contributed by atoms with Crippen molar-refractivity contribution >= 4 is 35.0 Å². The second-order valence-electron chi connectivity index (χ2n) is 7.56. The van der Waals surface area contributed by atoms with Gasteiger partial charge in [0, 0.05) is 40.8 Å². The first-order valence-electron chi connectivity index (χ1n) is 9.25. The van der Waals surface area contributed by atoms with E-state index in [2.05, 4.69) is 53.6 Å². The van der Waals surface area contributed by atoms with Gasteiger partial charge in [-0.15, -0.1) is 0 Å². The SMILES string of the molecule is CC1CN(CC=Cc2ccc(Cl)cc2)CCC12CNc1ccc(Cl)cc12. The summed E-state index contributed by atoms with van der Waals surface area (Å²) in [5.74, 6) is 0.590. The number of fused-ring (bicyclic) bond motifs is 2. The maximum atomic E-state index is 6.28. The number of anilines is 1. The van der Waals surface area contributed by atoms with Crippen molar-refractivity contribution in [2.24, 2.45) is 5.92 Å². The number of hydrogen-bond donors (Lipinski definition) is 1. The molecule has 0 aromatic heterocycles. The number of piperidine rings is 1. The third kappa shape index (κ3) is 3.38. The molecule has 136 valence electrons. The van der Waals surface area contributed by atoms with Gasteiger partial charge in [-0.3, -0.25) is 4.90 Å². The summed E-state index contributed by atoms with van der Waals surface area (Å²) >= 11 is 12.2. The minimum atomic E-state index is 0.219. The van der Waals surface area contributed by atoms with Crippen molar-refractivity contribution in [3.63, 3.8) is 0 Å². The molecular formula is C22H24Cl2N2. The molecule has 0 radical (unpaired) electrons. The highest BCUT2D eigenvalue weighted by Gasteiger charge is 2.46. The number of halogens is 2. The summed E-state index contributed by atoms with van der Waals surface area (Å²) in [6.07, 6.45) is 5.60. The minimum Gasteiger partial charge on any atom is -0.384 e.